The minimum absolute atomic E-state index is 0.233. The van der Waals surface area contributed by atoms with Gasteiger partial charge in [0.1, 0.15) is 0 Å². The Morgan fingerprint density at radius 2 is 1.80 bits per heavy atom. The average molecular weight is 203 g/mol. The van der Waals surface area contributed by atoms with Crippen molar-refractivity contribution in [2.45, 2.75) is 12.5 Å². The normalized spacial score (nSPS) is 18.2. The topological polar surface area (TPSA) is 23.5 Å². The molecule has 0 radical (unpaired) electrons. The molecule has 1 aliphatic rings. The summed E-state index contributed by atoms with van der Waals surface area (Å²) in [7, 11) is 0. The fraction of sp³-hybridized carbons (Fsp3) is 0.385. The Hall–Kier alpha value is -1.12. The molecule has 0 saturated carbocycles. The van der Waals surface area contributed by atoms with Gasteiger partial charge >= 0.3 is 0 Å². The zero-order valence-corrected chi connectivity index (χ0v) is 8.84. The third-order valence-corrected chi connectivity index (χ3v) is 2.89. The van der Waals surface area contributed by atoms with Gasteiger partial charge in [0.2, 0.25) is 0 Å². The predicted octanol–water partition coefficient (Wildman–Crippen LogP) is 1.46. The van der Waals surface area contributed by atoms with E-state index in [9.17, 15) is 5.11 Å². The Bertz CT molecular complexity index is 313. The Labute approximate surface area is 90.8 Å². The molecule has 0 unspecified atom stereocenters. The van der Waals surface area contributed by atoms with Crippen LogP contribution in [-0.4, -0.2) is 35.7 Å². The highest BCUT2D eigenvalue weighted by molar-refractivity contribution is 5.16. The highest BCUT2D eigenvalue weighted by Crippen LogP contribution is 2.11. The Kier molecular flexibility index (Phi) is 3.54. The molecular formula is C13H17NO. The van der Waals surface area contributed by atoms with Crippen molar-refractivity contribution in [1.29, 1.82) is 0 Å². The molecule has 1 heterocycles. The number of benzene rings is 1. The van der Waals surface area contributed by atoms with Crippen molar-refractivity contribution in [2.75, 3.05) is 19.7 Å². The number of nitrogens with zero attached hydrogens (tertiary/aromatic N) is 1. The highest BCUT2D eigenvalue weighted by Gasteiger charge is 2.18. The second-order valence-electron chi connectivity index (χ2n) is 3.95. The van der Waals surface area contributed by atoms with Gasteiger partial charge < -0.3 is 5.11 Å². The lowest BCUT2D eigenvalue weighted by Crippen LogP contribution is -2.37. The van der Waals surface area contributed by atoms with Crippen molar-refractivity contribution in [3.8, 4) is 0 Å². The van der Waals surface area contributed by atoms with Gasteiger partial charge in [-0.25, -0.2) is 0 Å². The molecule has 0 aromatic heterocycles. The van der Waals surface area contributed by atoms with Crippen LogP contribution in [0.1, 0.15) is 5.56 Å². The molecule has 0 saturated heterocycles. The van der Waals surface area contributed by atoms with Crippen LogP contribution in [0, 0.1) is 0 Å². The molecule has 1 aliphatic heterocycles. The van der Waals surface area contributed by atoms with E-state index in [0.717, 1.165) is 19.5 Å². The molecule has 0 bridgehead atoms. The zero-order chi connectivity index (χ0) is 10.5. The maximum atomic E-state index is 9.38. The minimum Gasteiger partial charge on any atom is -0.395 e. The summed E-state index contributed by atoms with van der Waals surface area (Å²) in [5.41, 5.74) is 1.29. The smallest absolute Gasteiger partial charge is 0.0590 e. The van der Waals surface area contributed by atoms with Crippen LogP contribution in [0.15, 0.2) is 42.5 Å². The lowest BCUT2D eigenvalue weighted by Gasteiger charge is -2.25. The number of aliphatic hydroxyl groups excluding tert-OH is 1. The van der Waals surface area contributed by atoms with E-state index in [1.807, 2.05) is 18.2 Å². The van der Waals surface area contributed by atoms with Gasteiger partial charge in [0.15, 0.2) is 0 Å². The van der Waals surface area contributed by atoms with Crippen LogP contribution in [-0.2, 0) is 6.42 Å². The molecular weight excluding hydrogens is 186 g/mol. The van der Waals surface area contributed by atoms with Crippen LogP contribution < -0.4 is 0 Å². The predicted molar refractivity (Wildman–Crippen MR) is 61.7 cm³/mol. The molecule has 0 aliphatic carbocycles. The maximum absolute atomic E-state index is 9.38. The second-order valence-corrected chi connectivity index (χ2v) is 3.95. The molecule has 15 heavy (non-hydrogen) atoms. The summed E-state index contributed by atoms with van der Waals surface area (Å²) in [5.74, 6) is 0. The molecule has 1 atom stereocenters. The summed E-state index contributed by atoms with van der Waals surface area (Å²) in [4.78, 5) is 2.30. The van der Waals surface area contributed by atoms with Crippen molar-refractivity contribution >= 4 is 0 Å². The van der Waals surface area contributed by atoms with Crippen molar-refractivity contribution in [1.82, 2.24) is 4.90 Å². The second kappa shape index (κ2) is 5.10. The lowest BCUT2D eigenvalue weighted by molar-refractivity contribution is 0.150. The van der Waals surface area contributed by atoms with Gasteiger partial charge in [0, 0.05) is 19.1 Å². The number of aliphatic hydroxyl groups is 1. The van der Waals surface area contributed by atoms with Crippen molar-refractivity contribution in [3.63, 3.8) is 0 Å². The first-order chi connectivity index (χ1) is 7.40. The molecule has 0 amide bonds. The molecule has 1 N–H and O–H groups in total. The van der Waals surface area contributed by atoms with Gasteiger partial charge in [-0.15, -0.1) is 0 Å². The van der Waals surface area contributed by atoms with E-state index in [0.29, 0.717) is 0 Å². The van der Waals surface area contributed by atoms with Crippen LogP contribution in [0.5, 0.6) is 0 Å². The van der Waals surface area contributed by atoms with E-state index < -0.39 is 0 Å². The molecule has 1 aromatic rings. The summed E-state index contributed by atoms with van der Waals surface area (Å²) in [5, 5.41) is 9.38. The molecule has 1 aromatic carbocycles. The molecule has 2 nitrogen and oxygen atoms in total. The summed E-state index contributed by atoms with van der Waals surface area (Å²) < 4.78 is 0. The van der Waals surface area contributed by atoms with Gasteiger partial charge in [-0.2, -0.15) is 0 Å². The van der Waals surface area contributed by atoms with Crippen molar-refractivity contribution < 1.29 is 5.11 Å². The summed E-state index contributed by atoms with van der Waals surface area (Å²) in [6.07, 6.45) is 5.25. The Morgan fingerprint density at radius 1 is 1.13 bits per heavy atom. The van der Waals surface area contributed by atoms with Gasteiger partial charge in [0.05, 0.1) is 6.61 Å². The van der Waals surface area contributed by atoms with Crippen LogP contribution in [0.25, 0.3) is 0 Å². The molecule has 2 rings (SSSR count). The number of hydrogen-bond donors (Lipinski definition) is 1. The van der Waals surface area contributed by atoms with Crippen LogP contribution in [0.3, 0.4) is 0 Å². The molecule has 0 spiro atoms. The fourth-order valence-corrected chi connectivity index (χ4v) is 1.99. The third kappa shape index (κ3) is 2.67. The van der Waals surface area contributed by atoms with Crippen LogP contribution in [0.2, 0.25) is 0 Å². The SMILES string of the molecule is OC[C@@H](Cc1ccccc1)N1CC=CC1. The average Bonchev–Trinajstić information content (AvgIpc) is 2.81. The Balaban J connectivity index is 1.96. The summed E-state index contributed by atoms with van der Waals surface area (Å²) in [6.45, 7) is 2.17. The quantitative estimate of drug-likeness (QED) is 0.749. The fourth-order valence-electron chi connectivity index (χ4n) is 1.99. The lowest BCUT2D eigenvalue weighted by atomic mass is 10.1. The largest absolute Gasteiger partial charge is 0.395 e. The van der Waals surface area contributed by atoms with E-state index in [1.165, 1.54) is 5.56 Å². The first kappa shape index (κ1) is 10.4. The van der Waals surface area contributed by atoms with Gasteiger partial charge in [-0.05, 0) is 12.0 Å². The van der Waals surface area contributed by atoms with Gasteiger partial charge in [-0.3, -0.25) is 4.90 Å². The summed E-state index contributed by atoms with van der Waals surface area (Å²) >= 11 is 0. The van der Waals surface area contributed by atoms with Gasteiger partial charge in [-0.1, -0.05) is 42.5 Å². The van der Waals surface area contributed by atoms with E-state index in [1.54, 1.807) is 0 Å². The van der Waals surface area contributed by atoms with E-state index in [-0.39, 0.29) is 12.6 Å². The number of rotatable bonds is 4. The molecule has 2 heteroatoms. The standard InChI is InChI=1S/C13H17NO/c15-11-13(14-8-4-5-9-14)10-12-6-2-1-3-7-12/h1-7,13,15H,8-11H2/t13-/m1/s1. The van der Waals surface area contributed by atoms with E-state index in [2.05, 4.69) is 29.2 Å². The monoisotopic (exact) mass is 203 g/mol. The first-order valence-corrected chi connectivity index (χ1v) is 5.44. The van der Waals surface area contributed by atoms with Gasteiger partial charge in [0.25, 0.3) is 0 Å². The summed E-state index contributed by atoms with van der Waals surface area (Å²) in [6, 6.07) is 10.6. The van der Waals surface area contributed by atoms with Crippen LogP contribution in [0.4, 0.5) is 0 Å². The van der Waals surface area contributed by atoms with E-state index >= 15 is 0 Å². The van der Waals surface area contributed by atoms with Crippen molar-refractivity contribution in [3.05, 3.63) is 48.0 Å². The number of hydrogen-bond acceptors (Lipinski definition) is 2. The Morgan fingerprint density at radius 3 is 2.40 bits per heavy atom. The first-order valence-electron chi connectivity index (χ1n) is 5.44. The van der Waals surface area contributed by atoms with E-state index in [4.69, 9.17) is 0 Å². The van der Waals surface area contributed by atoms with Crippen molar-refractivity contribution in [2.24, 2.45) is 0 Å². The minimum atomic E-state index is 0.233. The molecule has 0 fully saturated rings. The highest BCUT2D eigenvalue weighted by atomic mass is 16.3. The maximum Gasteiger partial charge on any atom is 0.0590 e. The van der Waals surface area contributed by atoms with Crippen LogP contribution >= 0.6 is 0 Å². The molecule has 80 valence electrons. The third-order valence-electron chi connectivity index (χ3n) is 2.89. The zero-order valence-electron chi connectivity index (χ0n) is 8.84.